The summed E-state index contributed by atoms with van der Waals surface area (Å²) >= 11 is 0. The zero-order valence-electron chi connectivity index (χ0n) is 9.01. The molecule has 90 valence electrons. The molecule has 10 nitrogen and oxygen atoms in total. The highest BCUT2D eigenvalue weighted by Gasteiger charge is 2.26. The molecule has 0 aliphatic rings. The van der Waals surface area contributed by atoms with Gasteiger partial charge in [0, 0.05) is 0 Å². The maximum atomic E-state index is 11.0. The lowest BCUT2D eigenvalue weighted by Crippen LogP contribution is -2.06. The van der Waals surface area contributed by atoms with Crippen molar-refractivity contribution in [2.24, 2.45) is 0 Å². The van der Waals surface area contributed by atoms with Crippen LogP contribution >= 0.6 is 0 Å². The second-order valence-electron chi connectivity index (χ2n) is 2.94. The van der Waals surface area contributed by atoms with E-state index >= 15 is 0 Å². The Morgan fingerprint density at radius 3 is 2.83 bits per heavy atom. The van der Waals surface area contributed by atoms with Crippen molar-refractivity contribution in [2.45, 2.75) is 0 Å². The molecule has 0 spiro atoms. The van der Waals surface area contributed by atoms with E-state index in [1.165, 1.54) is 7.11 Å². The summed E-state index contributed by atoms with van der Waals surface area (Å²) in [6.45, 7) is 0. The van der Waals surface area contributed by atoms with E-state index in [1.807, 2.05) is 0 Å². The van der Waals surface area contributed by atoms with Gasteiger partial charge >= 0.3 is 5.69 Å². The monoisotopic (exact) mass is 247 g/mol. The average molecular weight is 247 g/mol. The second-order valence-corrected chi connectivity index (χ2v) is 2.94. The fourth-order valence-electron chi connectivity index (χ4n) is 1.25. The van der Waals surface area contributed by atoms with Crippen molar-refractivity contribution >= 4 is 5.69 Å². The highest BCUT2D eigenvalue weighted by molar-refractivity contribution is 5.53. The number of methoxy groups -OCH3 is 1. The van der Waals surface area contributed by atoms with Crippen molar-refractivity contribution in [1.29, 1.82) is 5.26 Å². The van der Waals surface area contributed by atoms with Crippen molar-refractivity contribution in [3.05, 3.63) is 28.6 Å². The second kappa shape index (κ2) is 4.42. The Morgan fingerprint density at radius 1 is 1.50 bits per heavy atom. The van der Waals surface area contributed by atoms with Crippen LogP contribution < -0.4 is 4.74 Å². The molecule has 0 fully saturated rings. The minimum Gasteiger partial charge on any atom is -0.476 e. The van der Waals surface area contributed by atoms with Crippen LogP contribution in [0.3, 0.4) is 0 Å². The lowest BCUT2D eigenvalue weighted by molar-refractivity contribution is -0.386. The van der Waals surface area contributed by atoms with E-state index in [2.05, 4.69) is 20.1 Å². The van der Waals surface area contributed by atoms with Crippen molar-refractivity contribution in [3.63, 3.8) is 0 Å². The van der Waals surface area contributed by atoms with E-state index < -0.39 is 10.6 Å². The van der Waals surface area contributed by atoms with Crippen LogP contribution in [0.1, 0.15) is 5.82 Å². The minimum absolute atomic E-state index is 0.123. The summed E-state index contributed by atoms with van der Waals surface area (Å²) in [4.78, 5) is 21.3. The number of nitro groups is 1. The van der Waals surface area contributed by atoms with E-state index in [4.69, 9.17) is 10.00 Å². The van der Waals surface area contributed by atoms with Gasteiger partial charge in [-0.05, 0) is 0 Å². The number of hydrogen-bond acceptors (Lipinski definition) is 8. The molecule has 2 rings (SSSR count). The normalized spacial score (nSPS) is 9.78. The summed E-state index contributed by atoms with van der Waals surface area (Å²) in [5, 5.41) is 23.3. The highest BCUT2D eigenvalue weighted by atomic mass is 16.6. The summed E-state index contributed by atoms with van der Waals surface area (Å²) in [5.74, 6) is -0.443. The minimum atomic E-state index is -0.693. The Labute approximate surface area is 99.6 Å². The molecule has 0 amide bonds. The van der Waals surface area contributed by atoms with Gasteiger partial charge in [0.05, 0.1) is 12.0 Å². The first-order chi connectivity index (χ1) is 8.67. The molecule has 0 saturated carbocycles. The maximum absolute atomic E-state index is 11.0. The first kappa shape index (κ1) is 11.4. The molecule has 10 heteroatoms. The van der Waals surface area contributed by atoms with Crippen LogP contribution in [0, 0.1) is 21.4 Å². The molecular formula is C8H5N7O3. The molecule has 0 bridgehead atoms. The third-order valence-electron chi connectivity index (χ3n) is 1.95. The SMILES string of the molecule is COc1ncnc(-n2cnc(C#N)n2)c1[N+](=O)[O-]. The van der Waals surface area contributed by atoms with Crippen LogP contribution in [0.25, 0.3) is 5.82 Å². The van der Waals surface area contributed by atoms with E-state index in [1.54, 1.807) is 6.07 Å². The molecule has 2 aromatic heterocycles. The molecular weight excluding hydrogens is 242 g/mol. The molecule has 0 N–H and O–H groups in total. The van der Waals surface area contributed by atoms with Gasteiger partial charge in [-0.2, -0.15) is 14.9 Å². The topological polar surface area (TPSA) is 133 Å². The van der Waals surface area contributed by atoms with Crippen molar-refractivity contribution in [2.75, 3.05) is 7.11 Å². The lowest BCUT2D eigenvalue weighted by atomic mass is 10.4. The van der Waals surface area contributed by atoms with Gasteiger partial charge < -0.3 is 4.74 Å². The number of nitrogens with zero attached hydrogens (tertiary/aromatic N) is 7. The average Bonchev–Trinajstić information content (AvgIpc) is 2.86. The summed E-state index contributed by atoms with van der Waals surface area (Å²) in [6, 6.07) is 1.71. The first-order valence-corrected chi connectivity index (χ1v) is 4.53. The van der Waals surface area contributed by atoms with Crippen LogP contribution in [0.15, 0.2) is 12.7 Å². The third-order valence-corrected chi connectivity index (χ3v) is 1.95. The van der Waals surface area contributed by atoms with Crippen molar-refractivity contribution in [3.8, 4) is 17.8 Å². The molecule has 0 aromatic carbocycles. The first-order valence-electron chi connectivity index (χ1n) is 4.53. The molecule has 18 heavy (non-hydrogen) atoms. The third kappa shape index (κ3) is 1.80. The van der Waals surface area contributed by atoms with Gasteiger partial charge in [0.15, 0.2) is 0 Å². The summed E-state index contributed by atoms with van der Waals surface area (Å²) < 4.78 is 5.80. The molecule has 2 aromatic rings. The van der Waals surface area contributed by atoms with E-state index in [0.29, 0.717) is 0 Å². The van der Waals surface area contributed by atoms with E-state index in [0.717, 1.165) is 17.3 Å². The lowest BCUT2D eigenvalue weighted by Gasteiger charge is -2.03. The number of ether oxygens (including phenoxy) is 1. The Balaban J connectivity index is 2.64. The van der Waals surface area contributed by atoms with Gasteiger partial charge in [0.2, 0.25) is 5.82 Å². The zero-order valence-corrected chi connectivity index (χ0v) is 9.01. The van der Waals surface area contributed by atoms with Crippen LogP contribution in [0.4, 0.5) is 5.69 Å². The van der Waals surface area contributed by atoms with Gasteiger partial charge in [0.1, 0.15) is 18.7 Å². The Hall–Kier alpha value is -3.09. The van der Waals surface area contributed by atoms with Crippen LogP contribution in [0.2, 0.25) is 0 Å². The largest absolute Gasteiger partial charge is 0.476 e. The van der Waals surface area contributed by atoms with Gasteiger partial charge in [-0.25, -0.2) is 9.97 Å². The maximum Gasteiger partial charge on any atom is 0.375 e. The van der Waals surface area contributed by atoms with Crippen molar-refractivity contribution < 1.29 is 9.66 Å². The van der Waals surface area contributed by atoms with Crippen molar-refractivity contribution in [1.82, 2.24) is 24.7 Å². The molecule has 0 radical (unpaired) electrons. The molecule has 2 heterocycles. The number of nitriles is 1. The van der Waals surface area contributed by atoms with Gasteiger partial charge in [-0.3, -0.25) is 10.1 Å². The smallest absolute Gasteiger partial charge is 0.375 e. The highest BCUT2D eigenvalue weighted by Crippen LogP contribution is 2.28. The zero-order chi connectivity index (χ0) is 13.1. The van der Waals surface area contributed by atoms with Gasteiger partial charge in [-0.1, -0.05) is 0 Å². The Morgan fingerprint density at radius 2 is 2.28 bits per heavy atom. The van der Waals surface area contributed by atoms with Crippen LogP contribution in [-0.2, 0) is 0 Å². The summed E-state index contributed by atoms with van der Waals surface area (Å²) in [5.41, 5.74) is -0.450. The standard InChI is InChI=1S/C8H5N7O3/c1-18-8-6(15(16)17)7(10-3-11-8)14-4-12-5(2-9)13-14/h3-4H,1H3. The van der Waals surface area contributed by atoms with Crippen LogP contribution in [-0.4, -0.2) is 36.8 Å². The molecule has 0 saturated heterocycles. The molecule has 0 aliphatic heterocycles. The number of hydrogen-bond donors (Lipinski definition) is 0. The number of aromatic nitrogens is 5. The van der Waals surface area contributed by atoms with Crippen LogP contribution in [0.5, 0.6) is 5.88 Å². The van der Waals surface area contributed by atoms with Gasteiger partial charge in [0.25, 0.3) is 11.7 Å². The summed E-state index contributed by atoms with van der Waals surface area (Å²) in [6.07, 6.45) is 2.24. The fourth-order valence-corrected chi connectivity index (χ4v) is 1.25. The number of rotatable bonds is 3. The van der Waals surface area contributed by atoms with Gasteiger partial charge in [-0.15, -0.1) is 5.10 Å². The predicted molar refractivity (Wildman–Crippen MR) is 54.9 cm³/mol. The van der Waals surface area contributed by atoms with E-state index in [-0.39, 0.29) is 17.5 Å². The molecule has 0 aliphatic carbocycles. The Kier molecular flexibility index (Phi) is 2.80. The van der Waals surface area contributed by atoms with E-state index in [9.17, 15) is 10.1 Å². The predicted octanol–water partition coefficient (Wildman–Crippen LogP) is -0.154. The Bertz CT molecular complexity index is 644. The summed E-state index contributed by atoms with van der Waals surface area (Å²) in [7, 11) is 1.25. The quantitative estimate of drug-likeness (QED) is 0.539. The molecule has 0 unspecified atom stereocenters. The molecule has 0 atom stereocenters. The fraction of sp³-hybridized carbons (Fsp3) is 0.125.